The van der Waals surface area contributed by atoms with Crippen LogP contribution in [0, 0.1) is 0 Å². The van der Waals surface area contributed by atoms with Gasteiger partial charge in [0, 0.05) is 31.6 Å². The number of hydrogen-bond donors (Lipinski definition) is 1. The van der Waals surface area contributed by atoms with E-state index in [1.807, 2.05) is 37.3 Å². The number of nitrogens with zero attached hydrogens (tertiary/aromatic N) is 2. The summed E-state index contributed by atoms with van der Waals surface area (Å²) in [7, 11) is 1.60. The van der Waals surface area contributed by atoms with Gasteiger partial charge in [0.15, 0.2) is 0 Å². The van der Waals surface area contributed by atoms with Gasteiger partial charge in [-0.15, -0.1) is 10.2 Å². The molecule has 0 aliphatic rings. The Hall–Kier alpha value is -2.21. The Labute approximate surface area is 123 Å². The first-order valence-electron chi connectivity index (χ1n) is 6.85. The quantitative estimate of drug-likeness (QED) is 0.841. The largest absolute Gasteiger partial charge is 0.421 e. The van der Waals surface area contributed by atoms with Crippen molar-refractivity contribution in [3.05, 3.63) is 36.2 Å². The summed E-state index contributed by atoms with van der Waals surface area (Å²) < 4.78 is 10.5. The number of amides is 1. The molecule has 2 rings (SSSR count). The molecule has 1 aromatic heterocycles. The second-order valence-electron chi connectivity index (χ2n) is 4.79. The van der Waals surface area contributed by atoms with Gasteiger partial charge >= 0.3 is 0 Å². The van der Waals surface area contributed by atoms with Crippen LogP contribution in [-0.2, 0) is 16.0 Å². The average molecular weight is 289 g/mol. The van der Waals surface area contributed by atoms with Crippen molar-refractivity contribution in [2.24, 2.45) is 0 Å². The molecule has 0 saturated carbocycles. The van der Waals surface area contributed by atoms with Crippen molar-refractivity contribution in [1.29, 1.82) is 0 Å². The zero-order valence-electron chi connectivity index (χ0n) is 12.2. The van der Waals surface area contributed by atoms with Crippen molar-refractivity contribution in [2.45, 2.75) is 25.8 Å². The zero-order chi connectivity index (χ0) is 15.1. The second-order valence-corrected chi connectivity index (χ2v) is 4.79. The molecule has 0 radical (unpaired) electrons. The summed E-state index contributed by atoms with van der Waals surface area (Å²) in [6.07, 6.45) is 0.732. The van der Waals surface area contributed by atoms with Crippen LogP contribution in [0.1, 0.15) is 19.2 Å². The van der Waals surface area contributed by atoms with Gasteiger partial charge in [-0.05, 0) is 19.1 Å². The van der Waals surface area contributed by atoms with Crippen LogP contribution in [0.4, 0.5) is 0 Å². The van der Waals surface area contributed by atoms with Gasteiger partial charge in [-0.25, -0.2) is 0 Å². The number of carbonyl (C=O) groups is 1. The highest BCUT2D eigenvalue weighted by Crippen LogP contribution is 2.17. The van der Waals surface area contributed by atoms with E-state index >= 15 is 0 Å². The van der Waals surface area contributed by atoms with Crippen molar-refractivity contribution in [2.75, 3.05) is 13.7 Å². The lowest BCUT2D eigenvalue weighted by Gasteiger charge is -2.11. The fraction of sp³-hybridized carbons (Fsp3) is 0.400. The van der Waals surface area contributed by atoms with E-state index in [4.69, 9.17) is 9.15 Å². The Morgan fingerprint density at radius 2 is 2.10 bits per heavy atom. The number of aryl methyl sites for hydroxylation is 1. The summed E-state index contributed by atoms with van der Waals surface area (Å²) in [5.41, 5.74) is 0.870. The van der Waals surface area contributed by atoms with E-state index in [1.165, 1.54) is 0 Å². The van der Waals surface area contributed by atoms with E-state index in [2.05, 4.69) is 15.5 Å². The number of carbonyl (C=O) groups excluding carboxylic acids is 1. The van der Waals surface area contributed by atoms with Crippen molar-refractivity contribution in [1.82, 2.24) is 15.5 Å². The first-order valence-corrected chi connectivity index (χ1v) is 6.85. The van der Waals surface area contributed by atoms with Crippen LogP contribution in [0.25, 0.3) is 11.5 Å². The number of nitrogens with one attached hydrogen (secondary N) is 1. The van der Waals surface area contributed by atoms with Crippen LogP contribution >= 0.6 is 0 Å². The Morgan fingerprint density at radius 1 is 1.33 bits per heavy atom. The second kappa shape index (κ2) is 7.54. The average Bonchev–Trinajstić information content (AvgIpc) is 2.95. The van der Waals surface area contributed by atoms with Gasteiger partial charge in [-0.3, -0.25) is 4.79 Å². The van der Waals surface area contributed by atoms with E-state index in [9.17, 15) is 4.79 Å². The maximum Gasteiger partial charge on any atom is 0.247 e. The van der Waals surface area contributed by atoms with Gasteiger partial charge in [0.2, 0.25) is 17.7 Å². The lowest BCUT2D eigenvalue weighted by molar-refractivity contribution is -0.122. The SMILES string of the molecule is COCC(C)NC(=O)CCc1nnc(-c2ccccc2)o1. The fourth-order valence-corrected chi connectivity index (χ4v) is 1.91. The normalized spacial score (nSPS) is 12.1. The smallest absolute Gasteiger partial charge is 0.247 e. The number of rotatable bonds is 7. The summed E-state index contributed by atoms with van der Waals surface area (Å²) in [6.45, 7) is 2.38. The molecular weight excluding hydrogens is 270 g/mol. The molecule has 1 unspecified atom stereocenters. The van der Waals surface area contributed by atoms with Crippen LogP contribution < -0.4 is 5.32 Å². The van der Waals surface area contributed by atoms with E-state index in [0.29, 0.717) is 31.2 Å². The van der Waals surface area contributed by atoms with Crippen molar-refractivity contribution < 1.29 is 13.9 Å². The van der Waals surface area contributed by atoms with Crippen molar-refractivity contribution >= 4 is 5.91 Å². The minimum Gasteiger partial charge on any atom is -0.421 e. The maximum absolute atomic E-state index is 11.7. The topological polar surface area (TPSA) is 77.2 Å². The molecule has 1 N–H and O–H groups in total. The number of hydrogen-bond acceptors (Lipinski definition) is 5. The fourth-order valence-electron chi connectivity index (χ4n) is 1.91. The summed E-state index contributed by atoms with van der Waals surface area (Å²) in [6, 6.07) is 9.53. The molecule has 0 bridgehead atoms. The van der Waals surface area contributed by atoms with Gasteiger partial charge in [-0.1, -0.05) is 18.2 Å². The summed E-state index contributed by atoms with van der Waals surface area (Å²) >= 11 is 0. The Kier molecular flexibility index (Phi) is 5.45. The molecule has 1 atom stereocenters. The number of ether oxygens (including phenoxy) is 1. The molecule has 6 heteroatoms. The van der Waals surface area contributed by atoms with Crippen molar-refractivity contribution in [3.8, 4) is 11.5 Å². The molecule has 2 aromatic rings. The molecule has 0 aliphatic carbocycles. The Balaban J connectivity index is 1.84. The van der Waals surface area contributed by atoms with Crippen LogP contribution in [0.15, 0.2) is 34.7 Å². The standard InChI is InChI=1S/C15H19N3O3/c1-11(10-20-2)16-13(19)8-9-14-17-18-15(21-14)12-6-4-3-5-7-12/h3-7,11H,8-10H2,1-2H3,(H,16,19). The highest BCUT2D eigenvalue weighted by Gasteiger charge is 2.11. The van der Waals surface area contributed by atoms with Crippen LogP contribution in [-0.4, -0.2) is 35.9 Å². The maximum atomic E-state index is 11.7. The van der Waals surface area contributed by atoms with E-state index < -0.39 is 0 Å². The third-order valence-corrected chi connectivity index (χ3v) is 2.88. The lowest BCUT2D eigenvalue weighted by Crippen LogP contribution is -2.35. The molecule has 1 aromatic carbocycles. The number of aromatic nitrogens is 2. The predicted molar refractivity (Wildman–Crippen MR) is 77.5 cm³/mol. The molecule has 0 fully saturated rings. The zero-order valence-corrected chi connectivity index (χ0v) is 12.2. The van der Waals surface area contributed by atoms with E-state index in [-0.39, 0.29) is 11.9 Å². The van der Waals surface area contributed by atoms with Gasteiger partial charge < -0.3 is 14.5 Å². The summed E-state index contributed by atoms with van der Waals surface area (Å²) in [4.78, 5) is 11.7. The molecule has 1 heterocycles. The van der Waals surface area contributed by atoms with Crippen LogP contribution in [0.3, 0.4) is 0 Å². The number of methoxy groups -OCH3 is 1. The monoisotopic (exact) mass is 289 g/mol. The van der Waals surface area contributed by atoms with E-state index in [1.54, 1.807) is 7.11 Å². The van der Waals surface area contributed by atoms with E-state index in [0.717, 1.165) is 5.56 Å². The van der Waals surface area contributed by atoms with Gasteiger partial charge in [0.05, 0.1) is 6.61 Å². The summed E-state index contributed by atoms with van der Waals surface area (Å²) in [5, 5.41) is 10.8. The first kappa shape index (κ1) is 15.2. The molecule has 1 amide bonds. The Morgan fingerprint density at radius 3 is 2.81 bits per heavy atom. The molecular formula is C15H19N3O3. The minimum atomic E-state index is -0.0565. The minimum absolute atomic E-state index is 0.00920. The molecule has 0 aliphatic heterocycles. The van der Waals surface area contributed by atoms with Gasteiger partial charge in [0.1, 0.15) is 0 Å². The highest BCUT2D eigenvalue weighted by molar-refractivity contribution is 5.76. The third kappa shape index (κ3) is 4.68. The molecule has 0 spiro atoms. The van der Waals surface area contributed by atoms with Crippen LogP contribution in [0.5, 0.6) is 0 Å². The molecule has 112 valence electrons. The molecule has 21 heavy (non-hydrogen) atoms. The summed E-state index contributed by atoms with van der Waals surface area (Å²) in [5.74, 6) is 0.876. The van der Waals surface area contributed by atoms with Gasteiger partial charge in [0.25, 0.3) is 0 Å². The Bertz CT molecular complexity index is 569. The highest BCUT2D eigenvalue weighted by atomic mass is 16.5. The van der Waals surface area contributed by atoms with Crippen LogP contribution in [0.2, 0.25) is 0 Å². The lowest BCUT2D eigenvalue weighted by atomic mass is 10.2. The molecule has 0 saturated heterocycles. The van der Waals surface area contributed by atoms with Crippen molar-refractivity contribution in [3.63, 3.8) is 0 Å². The van der Waals surface area contributed by atoms with Gasteiger partial charge in [-0.2, -0.15) is 0 Å². The number of benzene rings is 1. The predicted octanol–water partition coefficient (Wildman–Crippen LogP) is 1.82. The first-order chi connectivity index (χ1) is 10.2. The molecule has 6 nitrogen and oxygen atoms in total. The third-order valence-electron chi connectivity index (χ3n) is 2.88.